The van der Waals surface area contributed by atoms with Gasteiger partial charge in [0.25, 0.3) is 5.91 Å². The molecule has 166 valence electrons. The fourth-order valence-corrected chi connectivity index (χ4v) is 5.06. The lowest BCUT2D eigenvalue weighted by Crippen LogP contribution is -2.54. The van der Waals surface area contributed by atoms with Crippen molar-refractivity contribution in [1.29, 1.82) is 0 Å². The Morgan fingerprint density at radius 2 is 1.81 bits per heavy atom. The lowest BCUT2D eigenvalue weighted by atomic mass is 9.79. The zero-order valence-corrected chi connectivity index (χ0v) is 18.0. The van der Waals surface area contributed by atoms with Gasteiger partial charge in [-0.3, -0.25) is 14.7 Å². The Hall–Kier alpha value is -2.28. The van der Waals surface area contributed by atoms with Crippen LogP contribution in [0, 0.1) is 5.92 Å². The molecule has 0 radical (unpaired) electrons. The quantitative estimate of drug-likeness (QED) is 0.638. The Morgan fingerprint density at radius 3 is 2.48 bits per heavy atom. The highest BCUT2D eigenvalue weighted by molar-refractivity contribution is 5.87. The van der Waals surface area contributed by atoms with Crippen LogP contribution in [-0.4, -0.2) is 45.1 Å². The zero-order chi connectivity index (χ0) is 21.7. The number of piperidine rings is 1. The minimum atomic E-state index is -1.45. The summed E-state index contributed by atoms with van der Waals surface area (Å²) >= 11 is 0. The van der Waals surface area contributed by atoms with Crippen LogP contribution < -0.4 is 5.32 Å². The van der Waals surface area contributed by atoms with Gasteiger partial charge in [-0.2, -0.15) is 0 Å². The first-order chi connectivity index (χ1) is 15.1. The van der Waals surface area contributed by atoms with Gasteiger partial charge < -0.3 is 15.5 Å². The van der Waals surface area contributed by atoms with Crippen LogP contribution in [-0.2, 0) is 23.5 Å². The number of carbonyl (C=O) groups is 1. The first kappa shape index (κ1) is 21.9. The molecule has 1 unspecified atom stereocenters. The molecule has 2 aliphatic rings. The van der Waals surface area contributed by atoms with Crippen LogP contribution in [0.15, 0.2) is 48.7 Å². The highest BCUT2D eigenvalue weighted by atomic mass is 16.3. The number of aromatic nitrogens is 1. The van der Waals surface area contributed by atoms with Gasteiger partial charge in [-0.05, 0) is 48.9 Å². The van der Waals surface area contributed by atoms with Crippen LogP contribution in [0.4, 0.5) is 0 Å². The van der Waals surface area contributed by atoms with E-state index in [1.54, 1.807) is 6.20 Å². The summed E-state index contributed by atoms with van der Waals surface area (Å²) in [6.45, 7) is 2.49. The van der Waals surface area contributed by atoms with E-state index in [2.05, 4.69) is 15.2 Å². The molecule has 4 rings (SSSR count). The monoisotopic (exact) mass is 423 g/mol. The van der Waals surface area contributed by atoms with Gasteiger partial charge in [0, 0.05) is 37.8 Å². The predicted octanol–water partition coefficient (Wildman–Crippen LogP) is 2.73. The second kappa shape index (κ2) is 9.90. The van der Waals surface area contributed by atoms with Gasteiger partial charge in [0.05, 0.1) is 12.3 Å². The number of benzene rings is 1. The first-order valence-electron chi connectivity index (χ1n) is 11.5. The van der Waals surface area contributed by atoms with Crippen LogP contribution in [0.2, 0.25) is 0 Å². The molecule has 1 saturated carbocycles. The molecular formula is C25H33N3O3. The Bertz CT molecular complexity index is 861. The number of likely N-dealkylation sites (tertiary alicyclic amines) is 1. The molecule has 6 heteroatoms. The van der Waals surface area contributed by atoms with Crippen molar-refractivity contribution >= 4 is 5.91 Å². The van der Waals surface area contributed by atoms with Gasteiger partial charge in [0.1, 0.15) is 0 Å². The molecule has 1 saturated heterocycles. The van der Waals surface area contributed by atoms with Gasteiger partial charge in [-0.15, -0.1) is 0 Å². The number of aliphatic hydroxyl groups excluding tert-OH is 1. The molecule has 0 spiro atoms. The van der Waals surface area contributed by atoms with Crippen molar-refractivity contribution < 1.29 is 15.0 Å². The number of hydrogen-bond acceptors (Lipinski definition) is 5. The highest BCUT2D eigenvalue weighted by Crippen LogP contribution is 2.41. The Balaban J connectivity index is 1.37. The third kappa shape index (κ3) is 4.97. The lowest BCUT2D eigenvalue weighted by molar-refractivity contribution is -0.148. The molecule has 1 aliphatic heterocycles. The minimum Gasteiger partial charge on any atom is -0.392 e. The van der Waals surface area contributed by atoms with E-state index in [-0.39, 0.29) is 24.5 Å². The second-order valence-electron chi connectivity index (χ2n) is 8.95. The minimum absolute atomic E-state index is 0.0228. The van der Waals surface area contributed by atoms with Crippen molar-refractivity contribution in [2.75, 3.05) is 13.1 Å². The van der Waals surface area contributed by atoms with E-state index in [0.717, 1.165) is 69.4 Å². The average molecular weight is 424 g/mol. The number of amides is 1. The van der Waals surface area contributed by atoms with E-state index in [1.165, 1.54) is 0 Å². The van der Waals surface area contributed by atoms with E-state index in [4.69, 9.17) is 0 Å². The number of hydrogen-bond donors (Lipinski definition) is 3. The molecule has 3 N–H and O–H groups in total. The van der Waals surface area contributed by atoms with E-state index < -0.39 is 5.60 Å². The summed E-state index contributed by atoms with van der Waals surface area (Å²) in [7, 11) is 0. The number of aliphatic hydroxyl groups is 2. The summed E-state index contributed by atoms with van der Waals surface area (Å²) in [5, 5.41) is 24.1. The fraction of sp³-hybridized carbons (Fsp3) is 0.520. The van der Waals surface area contributed by atoms with E-state index >= 15 is 0 Å². The van der Waals surface area contributed by atoms with Crippen LogP contribution in [0.1, 0.15) is 55.3 Å². The first-order valence-corrected chi connectivity index (χ1v) is 11.5. The summed E-state index contributed by atoms with van der Waals surface area (Å²) in [4.78, 5) is 20.1. The Labute approximate surface area is 184 Å². The van der Waals surface area contributed by atoms with Crippen molar-refractivity contribution in [2.24, 2.45) is 5.92 Å². The number of nitrogens with zero attached hydrogens (tertiary/aromatic N) is 2. The molecule has 1 aliphatic carbocycles. The lowest BCUT2D eigenvalue weighted by Gasteiger charge is -2.37. The second-order valence-corrected chi connectivity index (χ2v) is 8.95. The summed E-state index contributed by atoms with van der Waals surface area (Å²) in [6.07, 6.45) is 7.34. The molecule has 0 bridgehead atoms. The highest BCUT2D eigenvalue weighted by Gasteiger charge is 2.46. The van der Waals surface area contributed by atoms with Crippen LogP contribution in [0.3, 0.4) is 0 Å². The maximum absolute atomic E-state index is 13.4. The van der Waals surface area contributed by atoms with Gasteiger partial charge in [0.15, 0.2) is 5.60 Å². The van der Waals surface area contributed by atoms with Crippen LogP contribution >= 0.6 is 0 Å². The zero-order valence-electron chi connectivity index (χ0n) is 18.0. The van der Waals surface area contributed by atoms with Gasteiger partial charge >= 0.3 is 0 Å². The molecule has 2 heterocycles. The van der Waals surface area contributed by atoms with Crippen LogP contribution in [0.25, 0.3) is 0 Å². The van der Waals surface area contributed by atoms with Crippen LogP contribution in [0.5, 0.6) is 0 Å². The summed E-state index contributed by atoms with van der Waals surface area (Å²) in [5.41, 5.74) is 1.07. The molecule has 6 nitrogen and oxygen atoms in total. The number of rotatable bonds is 7. The van der Waals surface area contributed by atoms with E-state index in [9.17, 15) is 15.0 Å². The van der Waals surface area contributed by atoms with Gasteiger partial charge in [-0.25, -0.2) is 0 Å². The molecular weight excluding hydrogens is 390 g/mol. The molecule has 2 fully saturated rings. The average Bonchev–Trinajstić information content (AvgIpc) is 3.36. The van der Waals surface area contributed by atoms with Crippen molar-refractivity contribution in [2.45, 2.75) is 63.3 Å². The third-order valence-electron chi connectivity index (χ3n) is 6.88. The SMILES string of the molecule is O=C(NC1CCN(Cc2cc(CO)ccn2)CC1)C(O)(c1ccccc1)C1CCCC1. The molecule has 1 aromatic heterocycles. The standard InChI is InChI=1S/C25H33N3O3/c29-18-19-10-13-26-23(16-19)17-28-14-11-22(12-15-28)27-24(30)25(31,21-8-4-5-9-21)20-6-2-1-3-7-20/h1-3,6-7,10,13,16,21-22,29,31H,4-5,8-9,11-12,14-15,17-18H2,(H,27,30). The molecule has 1 amide bonds. The van der Waals surface area contributed by atoms with Crippen molar-refractivity contribution in [1.82, 2.24) is 15.2 Å². The maximum atomic E-state index is 13.4. The van der Waals surface area contributed by atoms with E-state index in [0.29, 0.717) is 5.56 Å². The third-order valence-corrected chi connectivity index (χ3v) is 6.88. The Morgan fingerprint density at radius 1 is 1.10 bits per heavy atom. The fourth-order valence-electron chi connectivity index (χ4n) is 5.06. The van der Waals surface area contributed by atoms with Crippen molar-refractivity contribution in [3.63, 3.8) is 0 Å². The van der Waals surface area contributed by atoms with Crippen molar-refractivity contribution in [3.8, 4) is 0 Å². The number of carbonyl (C=O) groups excluding carboxylic acids is 1. The summed E-state index contributed by atoms with van der Waals surface area (Å²) in [6, 6.07) is 13.3. The normalized spacial score (nSPS) is 20.5. The summed E-state index contributed by atoms with van der Waals surface area (Å²) in [5.74, 6) is -0.277. The molecule has 2 aromatic rings. The maximum Gasteiger partial charge on any atom is 0.257 e. The topological polar surface area (TPSA) is 85.7 Å². The number of nitrogens with one attached hydrogen (secondary N) is 1. The molecule has 31 heavy (non-hydrogen) atoms. The largest absolute Gasteiger partial charge is 0.392 e. The van der Waals surface area contributed by atoms with Crippen molar-refractivity contribution in [3.05, 3.63) is 65.5 Å². The van der Waals surface area contributed by atoms with Gasteiger partial charge in [-0.1, -0.05) is 43.2 Å². The number of pyridine rings is 1. The van der Waals surface area contributed by atoms with E-state index in [1.807, 2.05) is 42.5 Å². The smallest absolute Gasteiger partial charge is 0.257 e. The molecule has 1 aromatic carbocycles. The Kier molecular flexibility index (Phi) is 7.00. The molecule has 1 atom stereocenters. The predicted molar refractivity (Wildman–Crippen MR) is 119 cm³/mol. The summed E-state index contributed by atoms with van der Waals surface area (Å²) < 4.78 is 0. The van der Waals surface area contributed by atoms with Gasteiger partial charge in [0.2, 0.25) is 0 Å².